The predicted molar refractivity (Wildman–Crippen MR) is 70.3 cm³/mol. The summed E-state index contributed by atoms with van der Waals surface area (Å²) in [5, 5.41) is 12.4. The van der Waals surface area contributed by atoms with Crippen molar-refractivity contribution in [2.24, 2.45) is 33.1 Å². The normalized spacial score (nSPS) is 10.7. The second kappa shape index (κ2) is 6.63. The molecule has 1 aromatic rings. The van der Waals surface area contributed by atoms with E-state index in [1.165, 1.54) is 0 Å². The Morgan fingerprint density at radius 1 is 0.778 bits per heavy atom. The van der Waals surface area contributed by atoms with Gasteiger partial charge in [-0.05, 0) is 24.3 Å². The van der Waals surface area contributed by atoms with Gasteiger partial charge in [0.05, 0.1) is 0 Å². The van der Waals surface area contributed by atoms with Crippen LogP contribution < -0.4 is 33.1 Å². The molecule has 94 valence electrons. The molecule has 0 aliphatic rings. The zero-order valence-corrected chi connectivity index (χ0v) is 9.67. The van der Waals surface area contributed by atoms with Gasteiger partial charge in [0.1, 0.15) is 0 Å². The lowest BCUT2D eigenvalue weighted by Crippen LogP contribution is -2.64. The molecule has 0 aromatic heterocycles. The van der Waals surface area contributed by atoms with Gasteiger partial charge in [0.25, 0.3) is 11.9 Å². The minimum Gasteiger partial charge on any atom is -0.365 e. The number of benzene rings is 1. The van der Waals surface area contributed by atoms with Gasteiger partial charge in [0.2, 0.25) is 12.4 Å². The quantitative estimate of drug-likeness (QED) is 0.179. The lowest BCUT2D eigenvalue weighted by molar-refractivity contribution is -0.457. The van der Waals surface area contributed by atoms with Crippen molar-refractivity contribution in [3.05, 3.63) is 35.4 Å². The number of hydrogen-bond donors (Lipinski definition) is 6. The largest absolute Gasteiger partial charge is 0.365 e. The molecule has 0 radical (unpaired) electrons. The van der Waals surface area contributed by atoms with E-state index in [4.69, 9.17) is 22.9 Å². The molecular weight excluding hydrogens is 232 g/mol. The third-order valence-corrected chi connectivity index (χ3v) is 1.79. The van der Waals surface area contributed by atoms with Crippen molar-refractivity contribution in [3.63, 3.8) is 0 Å². The maximum absolute atomic E-state index is 5.16. The second-order valence-electron chi connectivity index (χ2n) is 3.29. The van der Waals surface area contributed by atoms with E-state index in [9.17, 15) is 0 Å². The van der Waals surface area contributed by atoms with Crippen LogP contribution in [0.15, 0.2) is 34.5 Å². The molecule has 18 heavy (non-hydrogen) atoms. The fraction of sp³-hybridized carbons (Fsp3) is 0. The number of nitrogens with zero attached hydrogens (tertiary/aromatic N) is 2. The first-order valence-electron chi connectivity index (χ1n) is 5.03. The summed E-state index contributed by atoms with van der Waals surface area (Å²) in [7, 11) is 0. The summed E-state index contributed by atoms with van der Waals surface area (Å²) in [6.45, 7) is 0. The number of rotatable bonds is 4. The number of hydrazone groups is 2. The smallest absolute Gasteiger partial charge is 0.256 e. The van der Waals surface area contributed by atoms with Crippen LogP contribution in [0.5, 0.6) is 0 Å². The van der Waals surface area contributed by atoms with Crippen LogP contribution in [-0.4, -0.2) is 24.3 Å². The highest BCUT2D eigenvalue weighted by atomic mass is 15.3. The summed E-state index contributed by atoms with van der Waals surface area (Å²) < 4.78 is 0. The Balaban J connectivity index is 2.69. The van der Waals surface area contributed by atoms with Crippen LogP contribution in [0, 0.1) is 0 Å². The molecule has 0 fully saturated rings. The maximum atomic E-state index is 5.16. The Bertz CT molecular complexity index is 442. The molecule has 0 amide bonds. The Morgan fingerprint density at radius 3 is 1.39 bits per heavy atom. The minimum atomic E-state index is -0.0300. The Kier molecular flexibility index (Phi) is 4.85. The first-order chi connectivity index (χ1) is 8.58. The van der Waals surface area contributed by atoms with Gasteiger partial charge in [-0.2, -0.15) is 0 Å². The van der Waals surface area contributed by atoms with E-state index in [2.05, 4.69) is 20.4 Å². The fourth-order valence-electron chi connectivity index (χ4n) is 1.05. The van der Waals surface area contributed by atoms with Crippen molar-refractivity contribution in [2.75, 3.05) is 0 Å². The van der Waals surface area contributed by atoms with Crippen LogP contribution in [0.3, 0.4) is 0 Å². The lowest BCUT2D eigenvalue weighted by Gasteiger charge is -1.89. The molecule has 1 rings (SSSR count). The summed E-state index contributed by atoms with van der Waals surface area (Å²) in [6.07, 6.45) is 3.32. The SMILES string of the molecule is NC(N)=N/[NH+]=C\c1ccc(/C=[NH+]\N=C(N)N)cc1. The molecule has 8 heteroatoms. The third kappa shape index (κ3) is 5.26. The molecule has 0 saturated carbocycles. The highest BCUT2D eigenvalue weighted by Gasteiger charge is 1.94. The van der Waals surface area contributed by atoms with Gasteiger partial charge in [-0.25, -0.2) is 0 Å². The molecule has 1 aromatic carbocycles. The first-order valence-corrected chi connectivity index (χ1v) is 5.03. The topological polar surface area (TPSA) is 157 Å². The Hall–Kier alpha value is -2.90. The summed E-state index contributed by atoms with van der Waals surface area (Å²) in [4.78, 5) is 0. The highest BCUT2D eigenvalue weighted by Crippen LogP contribution is 1.97. The van der Waals surface area contributed by atoms with Gasteiger partial charge in [-0.3, -0.25) is 0 Å². The van der Waals surface area contributed by atoms with Crippen molar-refractivity contribution in [3.8, 4) is 0 Å². The third-order valence-electron chi connectivity index (χ3n) is 1.79. The average molecular weight is 248 g/mol. The molecule has 0 atom stereocenters. The summed E-state index contributed by atoms with van der Waals surface area (Å²) in [6, 6.07) is 7.49. The van der Waals surface area contributed by atoms with E-state index >= 15 is 0 Å². The molecule has 0 aliphatic heterocycles. The van der Waals surface area contributed by atoms with E-state index in [1.54, 1.807) is 12.4 Å². The van der Waals surface area contributed by atoms with Crippen molar-refractivity contribution in [1.29, 1.82) is 0 Å². The maximum Gasteiger partial charge on any atom is 0.256 e. The van der Waals surface area contributed by atoms with E-state index < -0.39 is 0 Å². The standard InChI is InChI=1S/C10H14N8/c11-9(12)17-15-5-7-1-2-8(4-3-7)6-16-18-10(13)14/h1-6H,(H4,11,12,17)(H4,13,14,18)/p+2/b15-5-,16-6-. The zero-order chi connectivity index (χ0) is 13.4. The zero-order valence-electron chi connectivity index (χ0n) is 9.67. The molecule has 0 unspecified atom stereocenters. The van der Waals surface area contributed by atoms with E-state index in [0.717, 1.165) is 11.1 Å². The molecule has 8 nitrogen and oxygen atoms in total. The average Bonchev–Trinajstić information content (AvgIpc) is 2.30. The number of nitrogens with two attached hydrogens (primary N) is 4. The number of nitrogens with one attached hydrogen (secondary N) is 2. The lowest BCUT2D eigenvalue weighted by atomic mass is 10.2. The van der Waals surface area contributed by atoms with E-state index in [0.29, 0.717) is 0 Å². The second-order valence-corrected chi connectivity index (χ2v) is 3.29. The minimum absolute atomic E-state index is 0.0300. The number of guanidine groups is 2. The van der Waals surface area contributed by atoms with Gasteiger partial charge < -0.3 is 22.9 Å². The molecule has 0 bridgehead atoms. The molecule has 0 saturated heterocycles. The molecular formula is C10H16N8+2. The molecule has 0 heterocycles. The number of hydrogen-bond acceptors (Lipinski definition) is 2. The molecule has 10 N–H and O–H groups in total. The first kappa shape index (κ1) is 13.2. The molecule has 0 spiro atoms. The van der Waals surface area contributed by atoms with Crippen LogP contribution in [0.2, 0.25) is 0 Å². The van der Waals surface area contributed by atoms with Crippen LogP contribution >= 0.6 is 0 Å². The van der Waals surface area contributed by atoms with E-state index in [1.807, 2.05) is 24.3 Å². The van der Waals surface area contributed by atoms with Gasteiger partial charge in [0.15, 0.2) is 0 Å². The van der Waals surface area contributed by atoms with Crippen LogP contribution in [0.4, 0.5) is 0 Å². The predicted octanol–water partition coefficient (Wildman–Crippen LogP) is -4.94. The van der Waals surface area contributed by atoms with Crippen LogP contribution in [-0.2, 0) is 0 Å². The van der Waals surface area contributed by atoms with Crippen molar-refractivity contribution in [2.45, 2.75) is 0 Å². The van der Waals surface area contributed by atoms with Gasteiger partial charge in [-0.1, -0.05) is 0 Å². The van der Waals surface area contributed by atoms with Crippen molar-refractivity contribution in [1.82, 2.24) is 0 Å². The van der Waals surface area contributed by atoms with E-state index in [-0.39, 0.29) is 11.9 Å². The molecule has 0 aliphatic carbocycles. The Morgan fingerprint density at radius 2 is 1.11 bits per heavy atom. The van der Waals surface area contributed by atoms with Crippen molar-refractivity contribution >= 4 is 24.3 Å². The monoisotopic (exact) mass is 248 g/mol. The van der Waals surface area contributed by atoms with Gasteiger partial charge in [0, 0.05) is 21.3 Å². The fourth-order valence-corrected chi connectivity index (χ4v) is 1.05. The summed E-state index contributed by atoms with van der Waals surface area (Å²) >= 11 is 0. The van der Waals surface area contributed by atoms with Crippen molar-refractivity contribution < 1.29 is 10.2 Å². The summed E-state index contributed by atoms with van der Waals surface area (Å²) in [5.74, 6) is -0.0599. The van der Waals surface area contributed by atoms with Gasteiger partial charge >= 0.3 is 0 Å². The highest BCUT2D eigenvalue weighted by molar-refractivity contribution is 5.80. The summed E-state index contributed by atoms with van der Waals surface area (Å²) in [5.41, 5.74) is 22.5. The van der Waals surface area contributed by atoms with Gasteiger partial charge in [-0.15, -0.1) is 10.2 Å². The Labute approximate surface area is 104 Å². The van der Waals surface area contributed by atoms with Crippen LogP contribution in [0.1, 0.15) is 11.1 Å². The van der Waals surface area contributed by atoms with Crippen LogP contribution in [0.25, 0.3) is 0 Å².